The van der Waals surface area contributed by atoms with Gasteiger partial charge in [0.15, 0.2) is 0 Å². The Balaban J connectivity index is 1.63. The predicted octanol–water partition coefficient (Wildman–Crippen LogP) is 2.64. The molecule has 0 saturated carbocycles. The first kappa shape index (κ1) is 17.5. The van der Waals surface area contributed by atoms with Crippen LogP contribution in [0, 0.1) is 5.41 Å². The molecule has 3 aromatic rings. The summed E-state index contributed by atoms with van der Waals surface area (Å²) in [5, 5.41) is 5.81. The van der Waals surface area contributed by atoms with Crippen LogP contribution >= 0.6 is 0 Å². The van der Waals surface area contributed by atoms with Crippen molar-refractivity contribution in [3.63, 3.8) is 0 Å². The van der Waals surface area contributed by atoms with E-state index in [0.29, 0.717) is 12.2 Å². The van der Waals surface area contributed by atoms with Crippen molar-refractivity contribution < 1.29 is 9.59 Å². The molecule has 0 atom stereocenters. The van der Waals surface area contributed by atoms with Gasteiger partial charge in [0.05, 0.1) is 0 Å². The molecule has 3 aromatic heterocycles. The van der Waals surface area contributed by atoms with Crippen LogP contribution in [0.15, 0.2) is 37.1 Å². The summed E-state index contributed by atoms with van der Waals surface area (Å²) in [6.07, 6.45) is 7.52. The molecule has 0 aliphatic carbocycles. The Morgan fingerprint density at radius 1 is 1.15 bits per heavy atom. The molecule has 3 rings (SSSR count). The maximum atomic E-state index is 11.9. The van der Waals surface area contributed by atoms with Gasteiger partial charge in [-0.05, 0) is 17.2 Å². The standard InChI is InChI=1S/C18H20N6O2/c1-18(2,3)16(25)24-17(26)23-14-5-4-11(7-20-14)6-12-8-21-15-13(12)9-19-10-22-15/h4-5,7-10H,6H2,1-3H3,(H,19,21,22)(H2,20,23,24,25,26). The Hall–Kier alpha value is -3.29. The molecule has 134 valence electrons. The third-order valence-electron chi connectivity index (χ3n) is 3.81. The zero-order chi connectivity index (χ0) is 18.7. The molecule has 0 unspecified atom stereocenters. The number of anilines is 1. The highest BCUT2D eigenvalue weighted by atomic mass is 16.2. The van der Waals surface area contributed by atoms with Crippen LogP contribution < -0.4 is 10.6 Å². The lowest BCUT2D eigenvalue weighted by Gasteiger charge is -2.16. The van der Waals surface area contributed by atoms with E-state index in [0.717, 1.165) is 22.2 Å². The number of aromatic nitrogens is 4. The Kier molecular flexibility index (Phi) is 4.66. The third kappa shape index (κ3) is 4.02. The highest BCUT2D eigenvalue weighted by Gasteiger charge is 2.23. The smallest absolute Gasteiger partial charge is 0.327 e. The first-order valence-corrected chi connectivity index (χ1v) is 8.16. The second-order valence-corrected chi connectivity index (χ2v) is 6.99. The summed E-state index contributed by atoms with van der Waals surface area (Å²) < 4.78 is 0. The Bertz CT molecular complexity index is 940. The van der Waals surface area contributed by atoms with Crippen LogP contribution in [0.25, 0.3) is 11.0 Å². The van der Waals surface area contributed by atoms with Gasteiger partial charge in [-0.1, -0.05) is 26.8 Å². The number of fused-ring (bicyclic) bond motifs is 1. The molecule has 26 heavy (non-hydrogen) atoms. The van der Waals surface area contributed by atoms with Gasteiger partial charge < -0.3 is 4.98 Å². The van der Waals surface area contributed by atoms with Gasteiger partial charge in [-0.2, -0.15) is 0 Å². The van der Waals surface area contributed by atoms with Gasteiger partial charge in [-0.3, -0.25) is 15.4 Å². The van der Waals surface area contributed by atoms with E-state index in [2.05, 4.69) is 30.6 Å². The zero-order valence-corrected chi connectivity index (χ0v) is 14.8. The fourth-order valence-electron chi connectivity index (χ4n) is 2.32. The van der Waals surface area contributed by atoms with Crippen LogP contribution in [0.1, 0.15) is 31.9 Å². The fourth-order valence-corrected chi connectivity index (χ4v) is 2.32. The van der Waals surface area contributed by atoms with Crippen LogP contribution in [-0.4, -0.2) is 31.9 Å². The lowest BCUT2D eigenvalue weighted by Crippen LogP contribution is -2.41. The largest absolute Gasteiger partial charge is 0.346 e. The van der Waals surface area contributed by atoms with E-state index in [4.69, 9.17) is 0 Å². The zero-order valence-electron chi connectivity index (χ0n) is 14.8. The van der Waals surface area contributed by atoms with Gasteiger partial charge in [0.1, 0.15) is 17.8 Å². The molecule has 3 N–H and O–H groups in total. The van der Waals surface area contributed by atoms with E-state index < -0.39 is 11.4 Å². The number of carbonyl (C=O) groups is 2. The SMILES string of the molecule is CC(C)(C)C(=O)NC(=O)Nc1ccc(Cc2c[nH]c3ncncc23)cn1. The van der Waals surface area contributed by atoms with Crippen molar-refractivity contribution in [3.8, 4) is 0 Å². The maximum Gasteiger partial charge on any atom is 0.327 e. The molecule has 0 aromatic carbocycles. The van der Waals surface area contributed by atoms with Crippen LogP contribution in [0.3, 0.4) is 0 Å². The highest BCUT2D eigenvalue weighted by Crippen LogP contribution is 2.19. The van der Waals surface area contributed by atoms with Crippen molar-refractivity contribution >= 4 is 28.8 Å². The van der Waals surface area contributed by atoms with Crippen molar-refractivity contribution in [2.75, 3.05) is 5.32 Å². The minimum atomic E-state index is -0.641. The molecule has 0 aliphatic heterocycles. The topological polar surface area (TPSA) is 113 Å². The van der Waals surface area contributed by atoms with E-state index in [1.165, 1.54) is 6.33 Å². The Morgan fingerprint density at radius 3 is 2.65 bits per heavy atom. The van der Waals surface area contributed by atoms with Crippen molar-refractivity contribution in [1.29, 1.82) is 0 Å². The monoisotopic (exact) mass is 352 g/mol. The third-order valence-corrected chi connectivity index (χ3v) is 3.81. The van der Waals surface area contributed by atoms with Crippen LogP contribution in [0.2, 0.25) is 0 Å². The predicted molar refractivity (Wildman–Crippen MR) is 97.5 cm³/mol. The number of amides is 3. The summed E-state index contributed by atoms with van der Waals surface area (Å²) in [5.74, 6) is 0.0170. The quantitative estimate of drug-likeness (QED) is 0.671. The minimum absolute atomic E-state index is 0.354. The molecular weight excluding hydrogens is 332 g/mol. The van der Waals surface area contributed by atoms with Crippen LogP contribution in [-0.2, 0) is 11.2 Å². The number of urea groups is 1. The number of pyridine rings is 1. The van der Waals surface area contributed by atoms with Crippen LogP contribution in [0.5, 0.6) is 0 Å². The second-order valence-electron chi connectivity index (χ2n) is 6.99. The van der Waals surface area contributed by atoms with Crippen molar-refractivity contribution in [2.24, 2.45) is 5.41 Å². The number of H-pyrrole nitrogens is 1. The average molecular weight is 352 g/mol. The molecule has 0 spiro atoms. The Morgan fingerprint density at radius 2 is 1.96 bits per heavy atom. The molecular formula is C18H20N6O2. The number of carbonyl (C=O) groups excluding carboxylic acids is 2. The molecule has 0 bridgehead atoms. The summed E-state index contributed by atoms with van der Waals surface area (Å²) in [6, 6.07) is 2.97. The van der Waals surface area contributed by atoms with Crippen LogP contribution in [0.4, 0.5) is 10.6 Å². The van der Waals surface area contributed by atoms with Gasteiger partial charge in [0.25, 0.3) is 0 Å². The van der Waals surface area contributed by atoms with Gasteiger partial charge >= 0.3 is 6.03 Å². The highest BCUT2D eigenvalue weighted by molar-refractivity contribution is 6.02. The van der Waals surface area contributed by atoms with Gasteiger partial charge in [0, 0.05) is 35.8 Å². The number of nitrogens with zero attached hydrogens (tertiary/aromatic N) is 3. The molecule has 8 heteroatoms. The number of nitrogens with one attached hydrogen (secondary N) is 3. The average Bonchev–Trinajstić information content (AvgIpc) is 2.99. The lowest BCUT2D eigenvalue weighted by molar-refractivity contribution is -0.127. The molecule has 8 nitrogen and oxygen atoms in total. The fraction of sp³-hybridized carbons (Fsp3) is 0.278. The number of rotatable bonds is 3. The summed E-state index contributed by atoms with van der Waals surface area (Å²) in [4.78, 5) is 39.2. The van der Waals surface area contributed by atoms with Crippen molar-refractivity contribution in [2.45, 2.75) is 27.2 Å². The van der Waals surface area contributed by atoms with E-state index in [1.807, 2.05) is 12.3 Å². The molecule has 0 fully saturated rings. The summed E-state index contributed by atoms with van der Waals surface area (Å²) >= 11 is 0. The first-order chi connectivity index (χ1) is 12.3. The van der Waals surface area contributed by atoms with Crippen molar-refractivity contribution in [1.82, 2.24) is 25.3 Å². The molecule has 0 saturated heterocycles. The van der Waals surface area contributed by atoms with E-state index >= 15 is 0 Å². The molecule has 3 heterocycles. The van der Waals surface area contributed by atoms with Gasteiger partial charge in [-0.15, -0.1) is 0 Å². The molecule has 0 radical (unpaired) electrons. The second kappa shape index (κ2) is 6.91. The van der Waals surface area contributed by atoms with Gasteiger partial charge in [0.2, 0.25) is 5.91 Å². The van der Waals surface area contributed by atoms with E-state index in [-0.39, 0.29) is 5.91 Å². The number of hydrogen-bond donors (Lipinski definition) is 3. The van der Waals surface area contributed by atoms with Gasteiger partial charge in [-0.25, -0.2) is 19.7 Å². The summed E-state index contributed by atoms with van der Waals surface area (Å²) in [5.41, 5.74) is 2.20. The van der Waals surface area contributed by atoms with E-state index in [1.54, 1.807) is 39.2 Å². The summed E-state index contributed by atoms with van der Waals surface area (Å²) in [6.45, 7) is 5.20. The lowest BCUT2D eigenvalue weighted by atomic mass is 9.96. The normalized spacial score (nSPS) is 11.3. The summed E-state index contributed by atoms with van der Waals surface area (Å²) in [7, 11) is 0. The molecule has 0 aliphatic rings. The molecule has 3 amide bonds. The van der Waals surface area contributed by atoms with E-state index in [9.17, 15) is 9.59 Å². The van der Waals surface area contributed by atoms with Crippen molar-refractivity contribution in [3.05, 3.63) is 48.2 Å². The number of imide groups is 1. The maximum absolute atomic E-state index is 11.9. The first-order valence-electron chi connectivity index (χ1n) is 8.16. The minimum Gasteiger partial charge on any atom is -0.346 e. The number of hydrogen-bond acceptors (Lipinski definition) is 5. The number of aromatic amines is 1. The Labute approximate surface area is 150 Å².